The van der Waals surface area contributed by atoms with Crippen LogP contribution in [0.15, 0.2) is 66.1 Å². The highest BCUT2D eigenvalue weighted by Gasteiger charge is 2.08. The fourth-order valence-electron chi connectivity index (χ4n) is 2.06. The standard InChI is InChI=1S/C17H22N2O/c1-19-12-16(9-5-6-10-18)11-17(13-19)20-14-15-7-3-2-4-8-15/h2-5,7-9,11-12H,6,10,13-14,18H2,1H3. The van der Waals surface area contributed by atoms with Gasteiger partial charge in [0, 0.05) is 13.2 Å². The summed E-state index contributed by atoms with van der Waals surface area (Å²) in [6, 6.07) is 10.2. The van der Waals surface area contributed by atoms with Gasteiger partial charge in [0.1, 0.15) is 12.4 Å². The molecule has 0 bridgehead atoms. The Bertz CT molecular complexity index is 503. The number of nitrogens with zero attached hydrogens (tertiary/aromatic N) is 1. The first-order chi connectivity index (χ1) is 9.78. The van der Waals surface area contributed by atoms with Gasteiger partial charge in [-0.05, 0) is 30.2 Å². The molecule has 1 aromatic carbocycles. The van der Waals surface area contributed by atoms with Crippen molar-refractivity contribution in [2.75, 3.05) is 20.1 Å². The zero-order chi connectivity index (χ0) is 14.2. The second-order valence-corrected chi connectivity index (χ2v) is 4.91. The van der Waals surface area contributed by atoms with Crippen LogP contribution in [0.3, 0.4) is 0 Å². The van der Waals surface area contributed by atoms with Crippen LogP contribution < -0.4 is 5.73 Å². The fraction of sp³-hybridized carbons (Fsp3) is 0.294. The van der Waals surface area contributed by atoms with Crippen LogP contribution in [-0.2, 0) is 11.3 Å². The van der Waals surface area contributed by atoms with E-state index in [2.05, 4.69) is 48.5 Å². The Hall–Kier alpha value is -2.00. The summed E-state index contributed by atoms with van der Waals surface area (Å²) in [5.74, 6) is 0.992. The molecule has 1 aliphatic rings. The van der Waals surface area contributed by atoms with E-state index in [4.69, 9.17) is 10.5 Å². The highest BCUT2D eigenvalue weighted by molar-refractivity contribution is 5.34. The summed E-state index contributed by atoms with van der Waals surface area (Å²) in [5.41, 5.74) is 7.82. The first-order valence-corrected chi connectivity index (χ1v) is 6.94. The van der Waals surface area contributed by atoms with E-state index < -0.39 is 0 Å². The number of likely N-dealkylation sites (N-methyl/N-ethyl adjacent to an activating group) is 1. The zero-order valence-corrected chi connectivity index (χ0v) is 12.0. The number of hydrogen-bond acceptors (Lipinski definition) is 3. The Morgan fingerprint density at radius 1 is 1.30 bits per heavy atom. The van der Waals surface area contributed by atoms with Crippen LogP contribution in [0.2, 0.25) is 0 Å². The lowest BCUT2D eigenvalue weighted by Crippen LogP contribution is -2.19. The van der Waals surface area contributed by atoms with Crippen molar-refractivity contribution in [2.45, 2.75) is 13.0 Å². The molecule has 20 heavy (non-hydrogen) atoms. The van der Waals surface area contributed by atoms with Crippen LogP contribution in [0, 0.1) is 0 Å². The van der Waals surface area contributed by atoms with Crippen molar-refractivity contribution in [3.05, 3.63) is 71.7 Å². The fourth-order valence-corrected chi connectivity index (χ4v) is 2.06. The first kappa shape index (κ1) is 14.4. The van der Waals surface area contributed by atoms with E-state index in [1.807, 2.05) is 18.2 Å². The molecular weight excluding hydrogens is 248 g/mol. The van der Waals surface area contributed by atoms with Crippen molar-refractivity contribution in [3.63, 3.8) is 0 Å². The van der Waals surface area contributed by atoms with Gasteiger partial charge in [0.15, 0.2) is 0 Å². The molecule has 0 saturated heterocycles. The average Bonchev–Trinajstić information content (AvgIpc) is 2.46. The molecule has 3 nitrogen and oxygen atoms in total. The molecule has 0 spiro atoms. The lowest BCUT2D eigenvalue weighted by Gasteiger charge is -2.22. The van der Waals surface area contributed by atoms with Gasteiger partial charge in [-0.1, -0.05) is 42.5 Å². The zero-order valence-electron chi connectivity index (χ0n) is 12.0. The van der Waals surface area contributed by atoms with Crippen LogP contribution in [0.25, 0.3) is 0 Å². The van der Waals surface area contributed by atoms with E-state index in [1.165, 1.54) is 5.56 Å². The number of rotatable bonds is 6. The normalized spacial score (nSPS) is 15.2. The van der Waals surface area contributed by atoms with E-state index in [1.54, 1.807) is 0 Å². The van der Waals surface area contributed by atoms with E-state index in [-0.39, 0.29) is 0 Å². The van der Waals surface area contributed by atoms with E-state index in [9.17, 15) is 0 Å². The Balaban J connectivity index is 1.95. The predicted molar refractivity (Wildman–Crippen MR) is 82.8 cm³/mol. The quantitative estimate of drug-likeness (QED) is 0.864. The molecule has 0 radical (unpaired) electrons. The Labute approximate surface area is 121 Å². The van der Waals surface area contributed by atoms with Crippen LogP contribution in [0.4, 0.5) is 0 Å². The molecule has 1 aliphatic heterocycles. The molecule has 1 heterocycles. The Morgan fingerprint density at radius 2 is 2.10 bits per heavy atom. The number of nitrogens with two attached hydrogens (primary N) is 1. The van der Waals surface area contributed by atoms with E-state index in [0.29, 0.717) is 13.2 Å². The lowest BCUT2D eigenvalue weighted by molar-refractivity contribution is 0.176. The smallest absolute Gasteiger partial charge is 0.116 e. The second kappa shape index (κ2) is 7.56. The molecule has 0 unspecified atom stereocenters. The minimum atomic E-state index is 0.611. The van der Waals surface area contributed by atoms with Gasteiger partial charge in [0.25, 0.3) is 0 Å². The van der Waals surface area contributed by atoms with Gasteiger partial charge in [-0.25, -0.2) is 0 Å². The maximum absolute atomic E-state index is 5.90. The maximum Gasteiger partial charge on any atom is 0.116 e. The summed E-state index contributed by atoms with van der Waals surface area (Å²) in [4.78, 5) is 2.13. The summed E-state index contributed by atoms with van der Waals surface area (Å²) in [5, 5.41) is 0. The summed E-state index contributed by atoms with van der Waals surface area (Å²) in [7, 11) is 2.05. The third kappa shape index (κ3) is 4.59. The first-order valence-electron chi connectivity index (χ1n) is 6.94. The number of hydrogen-bond donors (Lipinski definition) is 1. The van der Waals surface area contributed by atoms with Crippen molar-refractivity contribution in [1.82, 2.24) is 4.90 Å². The minimum Gasteiger partial charge on any atom is -0.491 e. The molecule has 106 valence electrons. The molecule has 2 rings (SSSR count). The lowest BCUT2D eigenvalue weighted by atomic mass is 10.1. The summed E-state index contributed by atoms with van der Waals surface area (Å²) < 4.78 is 5.90. The molecule has 0 fully saturated rings. The number of ether oxygens (including phenoxy) is 1. The molecule has 1 aromatic rings. The summed E-state index contributed by atoms with van der Waals surface area (Å²) in [6.45, 7) is 2.10. The van der Waals surface area contributed by atoms with E-state index >= 15 is 0 Å². The molecule has 3 heteroatoms. The van der Waals surface area contributed by atoms with Crippen molar-refractivity contribution in [1.29, 1.82) is 0 Å². The van der Waals surface area contributed by atoms with Gasteiger partial charge in [-0.15, -0.1) is 0 Å². The molecule has 0 saturated carbocycles. The van der Waals surface area contributed by atoms with Gasteiger partial charge >= 0.3 is 0 Å². The molecule has 0 amide bonds. The maximum atomic E-state index is 5.90. The average molecular weight is 270 g/mol. The Kier molecular flexibility index (Phi) is 5.44. The van der Waals surface area contributed by atoms with Gasteiger partial charge in [0.05, 0.1) is 6.54 Å². The minimum absolute atomic E-state index is 0.611. The molecule has 0 atom stereocenters. The second-order valence-electron chi connectivity index (χ2n) is 4.91. The SMILES string of the molecule is CN1C=C(C=CCCN)C=C(OCc2ccccc2)C1. The topological polar surface area (TPSA) is 38.5 Å². The molecule has 0 aromatic heterocycles. The number of allylic oxidation sites excluding steroid dienone is 3. The van der Waals surface area contributed by atoms with Crippen LogP contribution in [0.1, 0.15) is 12.0 Å². The van der Waals surface area contributed by atoms with Crippen LogP contribution >= 0.6 is 0 Å². The van der Waals surface area contributed by atoms with Gasteiger partial charge in [0.2, 0.25) is 0 Å². The molecule has 0 aliphatic carbocycles. The molecular formula is C17H22N2O. The van der Waals surface area contributed by atoms with Gasteiger partial charge in [-0.3, -0.25) is 0 Å². The van der Waals surface area contributed by atoms with Crippen molar-refractivity contribution >= 4 is 0 Å². The van der Waals surface area contributed by atoms with Crippen LogP contribution in [0.5, 0.6) is 0 Å². The molecule has 2 N–H and O–H groups in total. The highest BCUT2D eigenvalue weighted by atomic mass is 16.5. The summed E-state index contributed by atoms with van der Waals surface area (Å²) in [6.07, 6.45) is 9.29. The van der Waals surface area contributed by atoms with Gasteiger partial charge in [-0.2, -0.15) is 0 Å². The van der Waals surface area contributed by atoms with Crippen LogP contribution in [-0.4, -0.2) is 25.0 Å². The number of benzene rings is 1. The van der Waals surface area contributed by atoms with Gasteiger partial charge < -0.3 is 15.4 Å². The predicted octanol–water partition coefficient (Wildman–Crippen LogP) is 2.82. The van der Waals surface area contributed by atoms with Crippen molar-refractivity contribution in [3.8, 4) is 0 Å². The summed E-state index contributed by atoms with van der Waals surface area (Å²) >= 11 is 0. The Morgan fingerprint density at radius 3 is 2.85 bits per heavy atom. The van der Waals surface area contributed by atoms with Crippen molar-refractivity contribution < 1.29 is 4.74 Å². The largest absolute Gasteiger partial charge is 0.491 e. The van der Waals surface area contributed by atoms with E-state index in [0.717, 1.165) is 24.3 Å². The third-order valence-corrected chi connectivity index (χ3v) is 3.01. The monoisotopic (exact) mass is 270 g/mol. The highest BCUT2D eigenvalue weighted by Crippen LogP contribution is 2.16. The van der Waals surface area contributed by atoms with Crippen molar-refractivity contribution in [2.24, 2.45) is 5.73 Å². The third-order valence-electron chi connectivity index (χ3n) is 3.01.